The zero-order chi connectivity index (χ0) is 14.6. The largest absolute Gasteiger partial charge is 0.508 e. The number of carboxylic acids is 1. The number of hydrogen-bond donors (Lipinski definition) is 2. The Morgan fingerprint density at radius 1 is 1.32 bits per heavy atom. The van der Waals surface area contributed by atoms with Crippen molar-refractivity contribution in [1.29, 1.82) is 0 Å². The van der Waals surface area contributed by atoms with Gasteiger partial charge in [-0.3, -0.25) is 4.79 Å². The first kappa shape index (κ1) is 15.3. The molecule has 106 valence electrons. The third-order valence-corrected chi connectivity index (χ3v) is 2.87. The van der Waals surface area contributed by atoms with Gasteiger partial charge in [0.25, 0.3) is 0 Å². The summed E-state index contributed by atoms with van der Waals surface area (Å²) in [7, 11) is 0. The van der Waals surface area contributed by atoms with Crippen LogP contribution in [0, 0.1) is 5.92 Å². The molecule has 6 heteroatoms. The molecule has 0 heterocycles. The average Bonchev–Trinajstić information content (AvgIpc) is 2.25. The molecule has 0 bridgehead atoms. The molecule has 1 aromatic rings. The summed E-state index contributed by atoms with van der Waals surface area (Å²) >= 11 is 0. The second kappa shape index (κ2) is 5.95. The van der Waals surface area contributed by atoms with Gasteiger partial charge in [0.2, 0.25) is 0 Å². The number of rotatable bonds is 5. The first-order valence-electron chi connectivity index (χ1n) is 5.84. The molecule has 0 aliphatic rings. The number of phenolic OH excluding ortho intramolecular Hbond substituents is 1. The molecule has 0 aliphatic carbocycles. The SMILES string of the molecule is CC[C@@H](CC(=O)O)Cc1cc(O)cc(C(F)(F)F)c1. The summed E-state index contributed by atoms with van der Waals surface area (Å²) in [6.45, 7) is 1.78. The lowest BCUT2D eigenvalue weighted by atomic mass is 9.93. The van der Waals surface area contributed by atoms with Crippen LogP contribution in [0.15, 0.2) is 18.2 Å². The fourth-order valence-electron chi connectivity index (χ4n) is 1.90. The topological polar surface area (TPSA) is 57.5 Å². The van der Waals surface area contributed by atoms with Gasteiger partial charge in [0, 0.05) is 6.42 Å². The highest BCUT2D eigenvalue weighted by atomic mass is 19.4. The van der Waals surface area contributed by atoms with Crippen molar-refractivity contribution < 1.29 is 28.2 Å². The highest BCUT2D eigenvalue weighted by Crippen LogP contribution is 2.33. The van der Waals surface area contributed by atoms with Gasteiger partial charge in [-0.05, 0) is 36.1 Å². The van der Waals surface area contributed by atoms with Crippen molar-refractivity contribution in [3.8, 4) is 5.75 Å². The molecular formula is C13H15F3O3. The number of benzene rings is 1. The van der Waals surface area contributed by atoms with Gasteiger partial charge in [0.15, 0.2) is 0 Å². The number of phenols is 1. The molecule has 0 saturated heterocycles. The Morgan fingerprint density at radius 3 is 2.42 bits per heavy atom. The van der Waals surface area contributed by atoms with Crippen molar-refractivity contribution >= 4 is 5.97 Å². The van der Waals surface area contributed by atoms with Crippen LogP contribution in [0.4, 0.5) is 13.2 Å². The number of halogens is 3. The Kier molecular flexibility index (Phi) is 4.80. The maximum Gasteiger partial charge on any atom is 0.416 e. The van der Waals surface area contributed by atoms with E-state index in [0.717, 1.165) is 6.07 Å². The predicted molar refractivity (Wildman–Crippen MR) is 62.8 cm³/mol. The van der Waals surface area contributed by atoms with Gasteiger partial charge in [-0.2, -0.15) is 13.2 Å². The lowest BCUT2D eigenvalue weighted by Crippen LogP contribution is -2.11. The Morgan fingerprint density at radius 2 is 1.95 bits per heavy atom. The van der Waals surface area contributed by atoms with Gasteiger partial charge >= 0.3 is 12.1 Å². The zero-order valence-electron chi connectivity index (χ0n) is 10.4. The van der Waals surface area contributed by atoms with Crippen molar-refractivity contribution in [2.45, 2.75) is 32.4 Å². The van der Waals surface area contributed by atoms with Gasteiger partial charge in [-0.25, -0.2) is 0 Å². The highest BCUT2D eigenvalue weighted by Gasteiger charge is 2.31. The van der Waals surface area contributed by atoms with Gasteiger partial charge in [-0.15, -0.1) is 0 Å². The molecule has 3 nitrogen and oxygen atoms in total. The van der Waals surface area contributed by atoms with Crippen LogP contribution in [0.25, 0.3) is 0 Å². The molecule has 0 fully saturated rings. The second-order valence-corrected chi connectivity index (χ2v) is 4.46. The maximum absolute atomic E-state index is 12.6. The summed E-state index contributed by atoms with van der Waals surface area (Å²) in [4.78, 5) is 10.6. The van der Waals surface area contributed by atoms with Crippen molar-refractivity contribution in [1.82, 2.24) is 0 Å². The van der Waals surface area contributed by atoms with Crippen LogP contribution >= 0.6 is 0 Å². The highest BCUT2D eigenvalue weighted by molar-refractivity contribution is 5.67. The first-order valence-corrected chi connectivity index (χ1v) is 5.84. The molecule has 0 radical (unpaired) electrons. The van der Waals surface area contributed by atoms with Crippen LogP contribution in [0.2, 0.25) is 0 Å². The summed E-state index contributed by atoms with van der Waals surface area (Å²) in [6.07, 6.45) is -3.89. The standard InChI is InChI=1S/C13H15F3O3/c1-2-8(6-12(18)19)3-9-4-10(13(14,15)16)7-11(17)5-9/h4-5,7-8,17H,2-3,6H2,1H3,(H,18,19)/t8-/m1/s1. The van der Waals surface area contributed by atoms with E-state index < -0.39 is 23.5 Å². The van der Waals surface area contributed by atoms with E-state index in [2.05, 4.69) is 0 Å². The number of carbonyl (C=O) groups is 1. The Hall–Kier alpha value is -1.72. The molecule has 2 N–H and O–H groups in total. The van der Waals surface area contributed by atoms with Crippen molar-refractivity contribution in [2.24, 2.45) is 5.92 Å². The fourth-order valence-corrected chi connectivity index (χ4v) is 1.90. The van der Waals surface area contributed by atoms with Crippen molar-refractivity contribution in [3.05, 3.63) is 29.3 Å². The van der Waals surface area contributed by atoms with E-state index in [-0.39, 0.29) is 18.8 Å². The molecular weight excluding hydrogens is 261 g/mol. The van der Waals surface area contributed by atoms with Gasteiger partial charge < -0.3 is 10.2 Å². The third kappa shape index (κ3) is 4.81. The quantitative estimate of drug-likeness (QED) is 0.866. The lowest BCUT2D eigenvalue weighted by Gasteiger charge is -2.14. The van der Waals surface area contributed by atoms with Crippen LogP contribution in [0.3, 0.4) is 0 Å². The average molecular weight is 276 g/mol. The molecule has 0 aliphatic heterocycles. The van der Waals surface area contributed by atoms with Crippen LogP contribution < -0.4 is 0 Å². The minimum Gasteiger partial charge on any atom is -0.508 e. The van der Waals surface area contributed by atoms with Crippen LogP contribution in [-0.4, -0.2) is 16.2 Å². The maximum atomic E-state index is 12.6. The summed E-state index contributed by atoms with van der Waals surface area (Å²) in [5.74, 6) is -1.70. The molecule has 0 spiro atoms. The van der Waals surface area contributed by atoms with Gasteiger partial charge in [-0.1, -0.05) is 13.3 Å². The van der Waals surface area contributed by atoms with E-state index in [9.17, 15) is 23.1 Å². The third-order valence-electron chi connectivity index (χ3n) is 2.87. The molecule has 1 atom stereocenters. The van der Waals surface area contributed by atoms with E-state index in [4.69, 9.17) is 5.11 Å². The fraction of sp³-hybridized carbons (Fsp3) is 0.462. The predicted octanol–water partition coefficient (Wildman–Crippen LogP) is 3.45. The number of hydrogen-bond acceptors (Lipinski definition) is 2. The summed E-state index contributed by atoms with van der Waals surface area (Å²) in [6, 6.07) is 2.84. The van der Waals surface area contributed by atoms with Crippen molar-refractivity contribution in [3.63, 3.8) is 0 Å². The van der Waals surface area contributed by atoms with Crippen LogP contribution in [0.1, 0.15) is 30.9 Å². The van der Waals surface area contributed by atoms with E-state index in [1.165, 1.54) is 6.07 Å². The van der Waals surface area contributed by atoms with Crippen LogP contribution in [0.5, 0.6) is 5.75 Å². The zero-order valence-corrected chi connectivity index (χ0v) is 10.4. The van der Waals surface area contributed by atoms with Crippen molar-refractivity contribution in [2.75, 3.05) is 0 Å². The molecule has 1 rings (SSSR count). The van der Waals surface area contributed by atoms with Gasteiger partial charge in [0.05, 0.1) is 5.56 Å². The molecule has 0 amide bonds. The van der Waals surface area contributed by atoms with E-state index in [1.807, 2.05) is 0 Å². The summed E-state index contributed by atoms with van der Waals surface area (Å²) in [5.41, 5.74) is -0.631. The monoisotopic (exact) mass is 276 g/mol. The first-order chi connectivity index (χ1) is 8.72. The smallest absolute Gasteiger partial charge is 0.416 e. The summed E-state index contributed by atoms with van der Waals surface area (Å²) in [5, 5.41) is 18.0. The normalized spacial score (nSPS) is 13.3. The van der Waals surface area contributed by atoms with E-state index >= 15 is 0 Å². The molecule has 0 saturated carbocycles. The van der Waals surface area contributed by atoms with E-state index in [0.29, 0.717) is 18.1 Å². The Labute approximate surface area is 108 Å². The Balaban J connectivity index is 2.94. The number of alkyl halides is 3. The molecule has 0 aromatic heterocycles. The second-order valence-electron chi connectivity index (χ2n) is 4.46. The molecule has 1 aromatic carbocycles. The van der Waals surface area contributed by atoms with Gasteiger partial charge in [0.1, 0.15) is 5.75 Å². The van der Waals surface area contributed by atoms with Crippen LogP contribution in [-0.2, 0) is 17.4 Å². The lowest BCUT2D eigenvalue weighted by molar-refractivity contribution is -0.139. The number of aromatic hydroxyl groups is 1. The van der Waals surface area contributed by atoms with E-state index in [1.54, 1.807) is 6.92 Å². The molecule has 0 unspecified atom stereocenters. The number of aliphatic carboxylic acids is 1. The minimum atomic E-state index is -4.53. The molecule has 19 heavy (non-hydrogen) atoms. The Bertz CT molecular complexity index is 455. The number of carboxylic acid groups (broad SMARTS) is 1. The summed E-state index contributed by atoms with van der Waals surface area (Å²) < 4.78 is 37.7. The minimum absolute atomic E-state index is 0.104.